The molecule has 1 aromatic heterocycles. The number of hydrogen-bond acceptors (Lipinski definition) is 4. The van der Waals surface area contributed by atoms with Crippen molar-refractivity contribution in [2.45, 2.75) is 6.92 Å². The molecule has 0 amide bonds. The second-order valence-electron chi connectivity index (χ2n) is 3.85. The van der Waals surface area contributed by atoms with Gasteiger partial charge in [0.2, 0.25) is 5.82 Å². The average molecular weight is 324 g/mol. The van der Waals surface area contributed by atoms with E-state index in [1.165, 1.54) is 6.92 Å². The summed E-state index contributed by atoms with van der Waals surface area (Å²) in [5.41, 5.74) is -1.71. The van der Waals surface area contributed by atoms with E-state index in [2.05, 4.69) is 4.37 Å². The molecule has 0 radical (unpaired) electrons. The van der Waals surface area contributed by atoms with Crippen molar-refractivity contribution in [2.24, 2.45) is 0 Å². The first-order valence-corrected chi connectivity index (χ1v) is 6.01. The van der Waals surface area contributed by atoms with E-state index in [4.69, 9.17) is 5.11 Å². The molecule has 0 spiro atoms. The van der Waals surface area contributed by atoms with E-state index in [0.717, 1.165) is 0 Å². The van der Waals surface area contributed by atoms with E-state index in [-0.39, 0.29) is 10.7 Å². The molecule has 21 heavy (non-hydrogen) atoms. The van der Waals surface area contributed by atoms with Crippen LogP contribution >= 0.6 is 11.5 Å². The van der Waals surface area contributed by atoms with Crippen molar-refractivity contribution >= 4 is 28.2 Å². The smallest absolute Gasteiger partial charge is 0.340 e. The van der Waals surface area contributed by atoms with Gasteiger partial charge in [-0.15, -0.1) is 0 Å². The van der Waals surface area contributed by atoms with Crippen LogP contribution < -0.4 is 5.32 Å². The van der Waals surface area contributed by atoms with Crippen molar-refractivity contribution in [1.82, 2.24) is 4.37 Å². The van der Waals surface area contributed by atoms with Crippen LogP contribution in [0.4, 0.5) is 32.6 Å². The van der Waals surface area contributed by atoms with Gasteiger partial charge in [-0.1, -0.05) is 0 Å². The number of nitrogens with one attached hydrogen (secondary N) is 1. The average Bonchev–Trinajstić information content (AvgIpc) is 2.80. The minimum Gasteiger partial charge on any atom is -0.478 e. The number of aromatic carboxylic acids is 1. The summed E-state index contributed by atoms with van der Waals surface area (Å²) in [6.07, 6.45) is 0. The lowest BCUT2D eigenvalue weighted by Crippen LogP contribution is -2.08. The molecule has 0 aliphatic heterocycles. The number of carbonyl (C=O) groups is 1. The van der Waals surface area contributed by atoms with E-state index in [0.29, 0.717) is 11.5 Å². The minimum atomic E-state index is -2.30. The molecule has 0 bridgehead atoms. The zero-order valence-electron chi connectivity index (χ0n) is 10.1. The Hall–Kier alpha value is -2.23. The molecule has 0 aliphatic carbocycles. The van der Waals surface area contributed by atoms with Gasteiger partial charge in [0.25, 0.3) is 0 Å². The van der Waals surface area contributed by atoms with E-state index in [1.54, 1.807) is 0 Å². The monoisotopic (exact) mass is 324 g/mol. The summed E-state index contributed by atoms with van der Waals surface area (Å²) >= 11 is 0.519. The predicted octanol–water partition coefficient (Wildman–Crippen LogP) is 3.59. The highest BCUT2D eigenvalue weighted by Crippen LogP contribution is 2.33. The molecule has 10 heteroatoms. The minimum absolute atomic E-state index is 0.0406. The van der Waals surface area contributed by atoms with Crippen molar-refractivity contribution in [2.75, 3.05) is 5.32 Å². The molecule has 2 rings (SSSR count). The molecule has 4 nitrogen and oxygen atoms in total. The van der Waals surface area contributed by atoms with Gasteiger partial charge in [-0.2, -0.15) is 4.37 Å². The summed E-state index contributed by atoms with van der Waals surface area (Å²) in [6.45, 7) is 1.32. The lowest BCUT2D eigenvalue weighted by molar-refractivity contribution is 0.0697. The highest BCUT2D eigenvalue weighted by Gasteiger charge is 2.27. The van der Waals surface area contributed by atoms with Crippen molar-refractivity contribution in [1.29, 1.82) is 0 Å². The number of nitrogens with zero attached hydrogens (tertiary/aromatic N) is 1. The van der Waals surface area contributed by atoms with Crippen LogP contribution in [0.15, 0.2) is 0 Å². The van der Waals surface area contributed by atoms with Gasteiger partial charge >= 0.3 is 5.97 Å². The summed E-state index contributed by atoms with van der Waals surface area (Å²) in [5, 5.41) is 10.5. The zero-order chi connectivity index (χ0) is 15.9. The third-order valence-electron chi connectivity index (χ3n) is 2.52. The Bertz CT molecular complexity index is 718. The summed E-state index contributed by atoms with van der Waals surface area (Å²) in [4.78, 5) is 11.0. The molecule has 2 aromatic rings. The molecule has 1 heterocycles. The second kappa shape index (κ2) is 5.28. The number of anilines is 2. The highest BCUT2D eigenvalue weighted by molar-refractivity contribution is 7.10. The van der Waals surface area contributed by atoms with Crippen LogP contribution in [0.2, 0.25) is 0 Å². The number of carboxylic acids is 1. The Labute approximate surface area is 118 Å². The Balaban J connectivity index is 2.58. The van der Waals surface area contributed by atoms with Crippen LogP contribution in [-0.2, 0) is 0 Å². The van der Waals surface area contributed by atoms with Crippen molar-refractivity contribution in [3.63, 3.8) is 0 Å². The first-order valence-electron chi connectivity index (χ1n) is 5.23. The summed E-state index contributed by atoms with van der Waals surface area (Å²) in [7, 11) is 0. The van der Waals surface area contributed by atoms with Gasteiger partial charge in [0.15, 0.2) is 23.3 Å². The molecule has 0 aliphatic rings. The van der Waals surface area contributed by atoms with Crippen molar-refractivity contribution < 1.29 is 31.9 Å². The Morgan fingerprint density at radius 1 is 1.05 bits per heavy atom. The number of benzene rings is 1. The second-order valence-corrected chi connectivity index (χ2v) is 4.62. The third-order valence-corrected chi connectivity index (χ3v) is 3.38. The van der Waals surface area contributed by atoms with Crippen LogP contribution in [0, 0.1) is 36.0 Å². The van der Waals surface area contributed by atoms with E-state index in [1.807, 2.05) is 5.32 Å². The lowest BCUT2D eigenvalue weighted by Gasteiger charge is -2.09. The summed E-state index contributed by atoms with van der Waals surface area (Å²) in [5.74, 6) is -12.2. The van der Waals surface area contributed by atoms with Gasteiger partial charge in [0.05, 0.1) is 5.69 Å². The standard InChI is InChI=1S/C11H5F5N2O2S/c1-2-3(11(19)20)10(21-18-2)17-9-7(15)5(13)4(12)6(14)8(9)16/h17H,1H3,(H,19,20). The van der Waals surface area contributed by atoms with Gasteiger partial charge in [-0.05, 0) is 18.5 Å². The predicted molar refractivity (Wildman–Crippen MR) is 63.3 cm³/mol. The maximum atomic E-state index is 13.5. The molecule has 0 unspecified atom stereocenters. The topological polar surface area (TPSA) is 62.2 Å². The lowest BCUT2D eigenvalue weighted by atomic mass is 10.2. The summed E-state index contributed by atoms with van der Waals surface area (Å²) in [6, 6.07) is 0. The maximum Gasteiger partial charge on any atom is 0.340 e. The number of hydrogen-bond donors (Lipinski definition) is 2. The first-order chi connectivity index (χ1) is 9.75. The fraction of sp³-hybridized carbons (Fsp3) is 0.0909. The van der Waals surface area contributed by atoms with Gasteiger partial charge in [-0.3, -0.25) is 0 Å². The molecular formula is C11H5F5N2O2S. The van der Waals surface area contributed by atoms with Crippen LogP contribution in [0.3, 0.4) is 0 Å². The number of carboxylic acid groups (broad SMARTS) is 1. The van der Waals surface area contributed by atoms with Gasteiger partial charge in [-0.25, -0.2) is 26.7 Å². The van der Waals surface area contributed by atoms with Crippen LogP contribution in [0.25, 0.3) is 0 Å². The molecule has 0 saturated carbocycles. The molecular weight excluding hydrogens is 319 g/mol. The van der Waals surface area contributed by atoms with Gasteiger partial charge in [0, 0.05) is 0 Å². The fourth-order valence-corrected chi connectivity index (χ4v) is 2.33. The Morgan fingerprint density at radius 2 is 1.52 bits per heavy atom. The molecule has 2 N–H and O–H groups in total. The number of rotatable bonds is 3. The fourth-order valence-electron chi connectivity index (χ4n) is 1.54. The molecule has 1 aromatic carbocycles. The van der Waals surface area contributed by atoms with Crippen molar-refractivity contribution in [3.05, 3.63) is 40.3 Å². The Morgan fingerprint density at radius 3 is 2.00 bits per heavy atom. The number of aryl methyl sites for hydroxylation is 1. The van der Waals surface area contributed by atoms with Gasteiger partial charge < -0.3 is 10.4 Å². The highest BCUT2D eigenvalue weighted by atomic mass is 32.1. The van der Waals surface area contributed by atoms with Crippen LogP contribution in [0.1, 0.15) is 16.1 Å². The normalized spacial score (nSPS) is 10.8. The molecule has 112 valence electrons. The van der Waals surface area contributed by atoms with E-state index >= 15 is 0 Å². The SMILES string of the molecule is Cc1nsc(Nc2c(F)c(F)c(F)c(F)c2F)c1C(=O)O. The quantitative estimate of drug-likeness (QED) is 0.514. The van der Waals surface area contributed by atoms with E-state index < -0.39 is 46.3 Å². The van der Waals surface area contributed by atoms with Crippen LogP contribution in [-0.4, -0.2) is 15.4 Å². The third kappa shape index (κ3) is 2.42. The van der Waals surface area contributed by atoms with E-state index in [9.17, 15) is 26.7 Å². The maximum absolute atomic E-state index is 13.5. The zero-order valence-corrected chi connectivity index (χ0v) is 10.9. The largest absolute Gasteiger partial charge is 0.478 e. The molecule has 0 saturated heterocycles. The number of halogens is 5. The molecule has 0 fully saturated rings. The van der Waals surface area contributed by atoms with Crippen LogP contribution in [0.5, 0.6) is 0 Å². The Kier molecular flexibility index (Phi) is 3.81. The summed E-state index contributed by atoms with van der Waals surface area (Å²) < 4.78 is 69.6. The molecule has 0 atom stereocenters. The van der Waals surface area contributed by atoms with Gasteiger partial charge in [0.1, 0.15) is 16.3 Å². The number of aromatic nitrogens is 1. The first kappa shape index (κ1) is 15.2. The van der Waals surface area contributed by atoms with Crippen molar-refractivity contribution in [3.8, 4) is 0 Å².